The van der Waals surface area contributed by atoms with Gasteiger partial charge in [0.05, 0.1) is 19.7 Å². The SMILES string of the molecule is CN=C(NCc1nc(C(F)(F)F)cs1)N1CCN(CC(=O)NCCOC)CC1. The number of aromatic nitrogens is 1. The minimum atomic E-state index is -4.43. The smallest absolute Gasteiger partial charge is 0.383 e. The number of carbonyl (C=O) groups excluding carboxylic acids is 1. The second kappa shape index (κ2) is 10.6. The Hall–Kier alpha value is -1.92. The molecular weight excluding hydrogens is 397 g/mol. The zero-order chi connectivity index (χ0) is 20.6. The molecule has 0 saturated carbocycles. The topological polar surface area (TPSA) is 82.1 Å². The van der Waals surface area contributed by atoms with Crippen molar-refractivity contribution in [3.05, 3.63) is 16.1 Å². The van der Waals surface area contributed by atoms with Crippen molar-refractivity contribution in [2.24, 2.45) is 4.99 Å². The fourth-order valence-corrected chi connectivity index (χ4v) is 3.42. The van der Waals surface area contributed by atoms with Crippen molar-refractivity contribution >= 4 is 23.2 Å². The molecule has 2 N–H and O–H groups in total. The van der Waals surface area contributed by atoms with Crippen molar-refractivity contribution < 1.29 is 22.7 Å². The largest absolute Gasteiger partial charge is 0.434 e. The number of nitrogens with zero attached hydrogens (tertiary/aromatic N) is 4. The van der Waals surface area contributed by atoms with Crippen LogP contribution >= 0.6 is 11.3 Å². The Morgan fingerprint density at radius 2 is 2.04 bits per heavy atom. The van der Waals surface area contributed by atoms with Crippen molar-refractivity contribution in [2.45, 2.75) is 12.7 Å². The van der Waals surface area contributed by atoms with E-state index in [2.05, 4.69) is 20.6 Å². The summed E-state index contributed by atoms with van der Waals surface area (Å²) >= 11 is 0.962. The first-order valence-electron chi connectivity index (χ1n) is 8.78. The number of hydrogen-bond acceptors (Lipinski definition) is 6. The maximum Gasteiger partial charge on any atom is 0.434 e. The van der Waals surface area contributed by atoms with Crippen LogP contribution in [0.25, 0.3) is 0 Å². The Morgan fingerprint density at radius 1 is 1.32 bits per heavy atom. The lowest BCUT2D eigenvalue weighted by Crippen LogP contribution is -2.54. The number of guanidine groups is 1. The van der Waals surface area contributed by atoms with Crippen molar-refractivity contribution in [1.82, 2.24) is 25.4 Å². The van der Waals surface area contributed by atoms with Gasteiger partial charge in [0.25, 0.3) is 0 Å². The van der Waals surface area contributed by atoms with Crippen LogP contribution in [0.2, 0.25) is 0 Å². The van der Waals surface area contributed by atoms with Crippen LogP contribution in [-0.4, -0.2) is 86.7 Å². The Balaban J connectivity index is 1.76. The van der Waals surface area contributed by atoms with Gasteiger partial charge in [-0.15, -0.1) is 11.3 Å². The Kier molecular flexibility index (Phi) is 8.45. The first kappa shape index (κ1) is 22.4. The molecule has 1 amide bonds. The van der Waals surface area contributed by atoms with E-state index in [1.165, 1.54) is 0 Å². The number of alkyl halides is 3. The standard InChI is InChI=1S/C16H25F3N6O2S/c1-20-15(22-9-14-23-12(11-28-14)16(17,18)19)25-6-4-24(5-7-25)10-13(26)21-3-8-27-2/h11H,3-10H2,1-2H3,(H,20,22)(H,21,26). The van der Waals surface area contributed by atoms with E-state index in [0.29, 0.717) is 56.8 Å². The Bertz CT molecular complexity index is 659. The number of ether oxygens (including phenoxy) is 1. The molecule has 0 spiro atoms. The minimum absolute atomic E-state index is 0.0442. The van der Waals surface area contributed by atoms with E-state index >= 15 is 0 Å². The van der Waals surface area contributed by atoms with Crippen molar-refractivity contribution in [3.63, 3.8) is 0 Å². The molecular formula is C16H25F3N6O2S. The van der Waals surface area contributed by atoms with Crippen LogP contribution in [0.1, 0.15) is 10.7 Å². The number of rotatable bonds is 7. The summed E-state index contributed by atoms with van der Waals surface area (Å²) in [5.74, 6) is 0.560. The summed E-state index contributed by atoms with van der Waals surface area (Å²) in [6.45, 7) is 4.16. The molecule has 0 unspecified atom stereocenters. The van der Waals surface area contributed by atoms with E-state index in [9.17, 15) is 18.0 Å². The average molecular weight is 422 g/mol. The molecule has 0 aliphatic carbocycles. The van der Waals surface area contributed by atoms with E-state index in [1.54, 1.807) is 14.2 Å². The summed E-state index contributed by atoms with van der Waals surface area (Å²) in [6.07, 6.45) is -4.43. The Morgan fingerprint density at radius 3 is 2.61 bits per heavy atom. The summed E-state index contributed by atoms with van der Waals surface area (Å²) < 4.78 is 42.8. The van der Waals surface area contributed by atoms with Crippen LogP contribution in [0.3, 0.4) is 0 Å². The summed E-state index contributed by atoms with van der Waals surface area (Å²) in [4.78, 5) is 23.7. The first-order valence-corrected chi connectivity index (χ1v) is 9.66. The number of halogens is 3. The second-order valence-electron chi connectivity index (χ2n) is 6.13. The number of nitrogens with one attached hydrogen (secondary N) is 2. The highest BCUT2D eigenvalue weighted by Crippen LogP contribution is 2.29. The van der Waals surface area contributed by atoms with Gasteiger partial charge in [-0.2, -0.15) is 13.2 Å². The molecule has 0 aromatic carbocycles. The maximum atomic E-state index is 12.6. The molecule has 0 bridgehead atoms. The van der Waals surface area contributed by atoms with Gasteiger partial charge in [-0.1, -0.05) is 0 Å². The number of thiazole rings is 1. The molecule has 1 aliphatic heterocycles. The van der Waals surface area contributed by atoms with Gasteiger partial charge in [0, 0.05) is 52.3 Å². The molecule has 1 aromatic rings. The maximum absolute atomic E-state index is 12.6. The van der Waals surface area contributed by atoms with E-state index in [-0.39, 0.29) is 12.5 Å². The van der Waals surface area contributed by atoms with Crippen molar-refractivity contribution in [1.29, 1.82) is 0 Å². The number of hydrogen-bond donors (Lipinski definition) is 2. The van der Waals surface area contributed by atoms with Gasteiger partial charge >= 0.3 is 6.18 Å². The molecule has 158 valence electrons. The monoisotopic (exact) mass is 422 g/mol. The normalized spacial score (nSPS) is 16.3. The predicted molar refractivity (Wildman–Crippen MR) is 100 cm³/mol. The van der Waals surface area contributed by atoms with Crippen molar-refractivity contribution in [2.75, 3.05) is 60.0 Å². The number of methoxy groups -OCH3 is 1. The van der Waals surface area contributed by atoms with E-state index in [4.69, 9.17) is 4.74 Å². The number of amides is 1. The Labute approximate surface area is 165 Å². The number of aliphatic imine (C=N–C) groups is 1. The van der Waals surface area contributed by atoms with E-state index < -0.39 is 11.9 Å². The molecule has 0 radical (unpaired) electrons. The van der Waals surface area contributed by atoms with Crippen LogP contribution < -0.4 is 10.6 Å². The fourth-order valence-electron chi connectivity index (χ4n) is 2.68. The minimum Gasteiger partial charge on any atom is -0.383 e. The van der Waals surface area contributed by atoms with E-state index in [1.807, 2.05) is 9.80 Å². The van der Waals surface area contributed by atoms with Crippen LogP contribution in [0.5, 0.6) is 0 Å². The van der Waals surface area contributed by atoms with E-state index in [0.717, 1.165) is 16.7 Å². The van der Waals surface area contributed by atoms with Gasteiger partial charge in [-0.25, -0.2) is 4.98 Å². The third kappa shape index (κ3) is 6.91. The average Bonchev–Trinajstić information content (AvgIpc) is 3.13. The summed E-state index contributed by atoms with van der Waals surface area (Å²) in [5, 5.41) is 7.20. The lowest BCUT2D eigenvalue weighted by molar-refractivity contribution is -0.140. The van der Waals surface area contributed by atoms with Gasteiger partial charge < -0.3 is 20.3 Å². The molecule has 2 heterocycles. The van der Waals surface area contributed by atoms with Crippen molar-refractivity contribution in [3.8, 4) is 0 Å². The number of piperazine rings is 1. The van der Waals surface area contributed by atoms with Gasteiger partial charge in [-0.3, -0.25) is 14.7 Å². The van der Waals surface area contributed by atoms with Crippen LogP contribution in [0.15, 0.2) is 10.4 Å². The fraction of sp³-hybridized carbons (Fsp3) is 0.688. The highest BCUT2D eigenvalue weighted by Gasteiger charge is 2.33. The summed E-state index contributed by atoms with van der Waals surface area (Å²) in [6, 6.07) is 0. The van der Waals surface area contributed by atoms with Gasteiger partial charge in [0.1, 0.15) is 5.01 Å². The molecule has 8 nitrogen and oxygen atoms in total. The molecule has 12 heteroatoms. The quantitative estimate of drug-likeness (QED) is 0.381. The summed E-state index contributed by atoms with van der Waals surface area (Å²) in [7, 11) is 3.21. The zero-order valence-corrected chi connectivity index (χ0v) is 16.7. The van der Waals surface area contributed by atoms with Crippen LogP contribution in [0.4, 0.5) is 13.2 Å². The summed E-state index contributed by atoms with van der Waals surface area (Å²) in [5.41, 5.74) is -0.873. The third-order valence-electron chi connectivity index (χ3n) is 4.12. The predicted octanol–water partition coefficient (Wildman–Crippen LogP) is 0.618. The van der Waals surface area contributed by atoms with Gasteiger partial charge in [0.15, 0.2) is 11.7 Å². The molecule has 1 fully saturated rings. The van der Waals surface area contributed by atoms with Crippen LogP contribution in [-0.2, 0) is 22.3 Å². The highest BCUT2D eigenvalue weighted by atomic mass is 32.1. The molecule has 1 aliphatic rings. The lowest BCUT2D eigenvalue weighted by Gasteiger charge is -2.36. The second-order valence-corrected chi connectivity index (χ2v) is 7.07. The lowest BCUT2D eigenvalue weighted by atomic mass is 10.3. The molecule has 1 saturated heterocycles. The van der Waals surface area contributed by atoms with Crippen LogP contribution in [0, 0.1) is 0 Å². The molecule has 2 rings (SSSR count). The zero-order valence-electron chi connectivity index (χ0n) is 15.9. The molecule has 1 aromatic heterocycles. The first-order chi connectivity index (χ1) is 13.3. The molecule has 0 atom stereocenters. The molecule has 28 heavy (non-hydrogen) atoms. The highest BCUT2D eigenvalue weighted by molar-refractivity contribution is 7.09. The van der Waals surface area contributed by atoms with Gasteiger partial charge in [-0.05, 0) is 0 Å². The number of carbonyl (C=O) groups is 1. The third-order valence-corrected chi connectivity index (χ3v) is 4.97. The van der Waals surface area contributed by atoms with Gasteiger partial charge in [0.2, 0.25) is 5.91 Å².